The maximum absolute atomic E-state index is 10.0. The number of aromatic nitrogens is 1. The summed E-state index contributed by atoms with van der Waals surface area (Å²) >= 11 is 0. The van der Waals surface area contributed by atoms with Gasteiger partial charge in [0, 0.05) is 32.4 Å². The van der Waals surface area contributed by atoms with Crippen LogP contribution in [0.3, 0.4) is 0 Å². The molecule has 1 heterocycles. The summed E-state index contributed by atoms with van der Waals surface area (Å²) in [6.07, 6.45) is 3.12. The predicted octanol–water partition coefficient (Wildman–Crippen LogP) is 5.66. The van der Waals surface area contributed by atoms with Crippen LogP contribution >= 0.6 is 0 Å². The number of hydrogen-bond acceptors (Lipinski definition) is 3. The van der Waals surface area contributed by atoms with Crippen molar-refractivity contribution in [1.29, 1.82) is 0 Å². The maximum atomic E-state index is 10.0. The van der Waals surface area contributed by atoms with Crippen LogP contribution in [0.1, 0.15) is 30.5 Å². The Labute approximate surface area is 174 Å². The summed E-state index contributed by atoms with van der Waals surface area (Å²) in [5.41, 5.74) is 5.92. The first-order valence-electron chi connectivity index (χ1n) is 8.51. The van der Waals surface area contributed by atoms with E-state index < -0.39 is 0 Å². The fourth-order valence-corrected chi connectivity index (χ4v) is 2.78. The number of fused-ring (bicyclic) bond motifs is 1. The van der Waals surface area contributed by atoms with Gasteiger partial charge in [0.05, 0.1) is 5.76 Å². The molecular formula is C23H24IrNO2-. The van der Waals surface area contributed by atoms with E-state index in [1.165, 1.54) is 47.4 Å². The monoisotopic (exact) mass is 539 g/mol. The summed E-state index contributed by atoms with van der Waals surface area (Å²) in [5, 5.41) is 10.8. The Hall–Kier alpha value is -2.29. The number of hydrogen-bond donors (Lipinski definition) is 1. The van der Waals surface area contributed by atoms with E-state index in [1.54, 1.807) is 0 Å². The average Bonchev–Trinajstić information content (AvgIpc) is 2.58. The zero-order valence-electron chi connectivity index (χ0n) is 16.3. The van der Waals surface area contributed by atoms with Crippen molar-refractivity contribution in [3.63, 3.8) is 0 Å². The van der Waals surface area contributed by atoms with E-state index in [4.69, 9.17) is 5.11 Å². The Morgan fingerprint density at radius 3 is 2.33 bits per heavy atom. The molecule has 0 bridgehead atoms. The van der Waals surface area contributed by atoms with Crippen LogP contribution in [-0.4, -0.2) is 15.9 Å². The molecule has 27 heavy (non-hydrogen) atoms. The summed E-state index contributed by atoms with van der Waals surface area (Å²) in [6, 6.07) is 15.8. The summed E-state index contributed by atoms with van der Waals surface area (Å²) in [5.74, 6) is -0.0625. The minimum absolute atomic E-state index is 0. The molecule has 0 saturated carbocycles. The Bertz CT molecular complexity index is 973. The average molecular weight is 539 g/mol. The van der Waals surface area contributed by atoms with Gasteiger partial charge in [-0.25, -0.2) is 0 Å². The first-order chi connectivity index (χ1) is 12.3. The van der Waals surface area contributed by atoms with Crippen molar-refractivity contribution in [2.45, 2.75) is 34.6 Å². The SMILES string of the molecule is CC(=O)/C=C(/C)O.Cc1cc[c-]c(-c2ncc3ccccc3c2C)c1C.[Ir]. The second-order valence-electron chi connectivity index (χ2n) is 6.38. The van der Waals surface area contributed by atoms with E-state index in [0.29, 0.717) is 0 Å². The quantitative estimate of drug-likeness (QED) is 0.260. The van der Waals surface area contributed by atoms with Gasteiger partial charge in [-0.05, 0) is 37.2 Å². The Balaban J connectivity index is 0.000000395. The van der Waals surface area contributed by atoms with Crippen molar-refractivity contribution in [3.05, 3.63) is 77.2 Å². The molecule has 3 aromatic rings. The van der Waals surface area contributed by atoms with Crippen LogP contribution in [0, 0.1) is 26.8 Å². The number of aliphatic hydroxyl groups is 1. The molecule has 4 heteroatoms. The van der Waals surface area contributed by atoms with Crippen LogP contribution in [0.15, 0.2) is 54.4 Å². The van der Waals surface area contributed by atoms with Gasteiger partial charge in [0.1, 0.15) is 0 Å². The molecule has 0 saturated heterocycles. The first-order valence-corrected chi connectivity index (χ1v) is 8.51. The molecule has 0 unspecified atom stereocenters. The van der Waals surface area contributed by atoms with Gasteiger partial charge in [-0.15, -0.1) is 34.9 Å². The molecular weight excluding hydrogens is 514 g/mol. The van der Waals surface area contributed by atoms with E-state index in [9.17, 15) is 4.79 Å². The molecule has 1 aromatic heterocycles. The molecule has 3 rings (SSSR count). The molecule has 3 nitrogen and oxygen atoms in total. The number of rotatable bonds is 2. The second-order valence-corrected chi connectivity index (χ2v) is 6.38. The largest absolute Gasteiger partial charge is 0.512 e. The van der Waals surface area contributed by atoms with E-state index in [-0.39, 0.29) is 31.6 Å². The standard InChI is InChI=1S/C18H16N.C5H8O2.Ir/c1-12-7-6-10-17(13(12)2)18-14(3)16-9-5-4-8-15(16)11-19-18;1-4(6)3-5(2)7;/h4-9,11H,1-3H3;3,6H,1-2H3;/q-1;;/b;4-3-;. The van der Waals surface area contributed by atoms with Gasteiger partial charge in [0.15, 0.2) is 5.78 Å². The fourth-order valence-electron chi connectivity index (χ4n) is 2.78. The Morgan fingerprint density at radius 1 is 1.07 bits per heavy atom. The number of aliphatic hydroxyl groups excluding tert-OH is 1. The van der Waals surface area contributed by atoms with E-state index in [1.807, 2.05) is 18.3 Å². The van der Waals surface area contributed by atoms with Crippen molar-refractivity contribution < 1.29 is 30.0 Å². The first kappa shape index (κ1) is 22.7. The Morgan fingerprint density at radius 2 is 1.74 bits per heavy atom. The number of benzene rings is 2. The molecule has 2 aromatic carbocycles. The van der Waals surface area contributed by atoms with E-state index >= 15 is 0 Å². The van der Waals surface area contributed by atoms with Crippen molar-refractivity contribution in [1.82, 2.24) is 4.98 Å². The third kappa shape index (κ3) is 5.85. The van der Waals surface area contributed by atoms with E-state index in [2.05, 4.69) is 56.1 Å². The number of allylic oxidation sites excluding steroid dienone is 2. The van der Waals surface area contributed by atoms with Crippen LogP contribution in [-0.2, 0) is 24.9 Å². The minimum Gasteiger partial charge on any atom is -0.512 e. The van der Waals surface area contributed by atoms with Crippen LogP contribution in [0.5, 0.6) is 0 Å². The van der Waals surface area contributed by atoms with Crippen molar-refractivity contribution in [2.24, 2.45) is 0 Å². The number of ketones is 1. The number of pyridine rings is 1. The number of carbonyl (C=O) groups excluding carboxylic acids is 1. The Kier molecular flexibility index (Phi) is 8.55. The number of carbonyl (C=O) groups is 1. The van der Waals surface area contributed by atoms with Gasteiger partial charge in [-0.2, -0.15) is 0 Å². The zero-order chi connectivity index (χ0) is 19.3. The third-order valence-electron chi connectivity index (χ3n) is 4.23. The molecule has 1 N–H and O–H groups in total. The summed E-state index contributed by atoms with van der Waals surface area (Å²) < 4.78 is 0. The normalized spacial score (nSPS) is 10.6. The molecule has 0 aliphatic carbocycles. The van der Waals surface area contributed by atoms with Crippen LogP contribution in [0.4, 0.5) is 0 Å². The van der Waals surface area contributed by atoms with Gasteiger partial charge < -0.3 is 10.1 Å². The van der Waals surface area contributed by atoms with Crippen molar-refractivity contribution >= 4 is 16.6 Å². The second kappa shape index (κ2) is 10.1. The van der Waals surface area contributed by atoms with Gasteiger partial charge in [-0.3, -0.25) is 4.79 Å². The number of nitrogens with zero attached hydrogens (tertiary/aromatic N) is 1. The van der Waals surface area contributed by atoms with Crippen LogP contribution in [0.25, 0.3) is 22.0 Å². The smallest absolute Gasteiger partial charge is 0.155 e. The van der Waals surface area contributed by atoms with Gasteiger partial charge in [0.25, 0.3) is 0 Å². The third-order valence-corrected chi connectivity index (χ3v) is 4.23. The van der Waals surface area contributed by atoms with Crippen molar-refractivity contribution in [3.8, 4) is 11.3 Å². The van der Waals surface area contributed by atoms with Gasteiger partial charge >= 0.3 is 0 Å². The minimum atomic E-state index is -0.125. The summed E-state index contributed by atoms with van der Waals surface area (Å²) in [4.78, 5) is 14.7. The fraction of sp³-hybridized carbons (Fsp3) is 0.217. The molecule has 0 atom stereocenters. The van der Waals surface area contributed by atoms with Crippen LogP contribution in [0.2, 0.25) is 0 Å². The maximum Gasteiger partial charge on any atom is 0.155 e. The summed E-state index contributed by atoms with van der Waals surface area (Å²) in [7, 11) is 0. The summed E-state index contributed by atoms with van der Waals surface area (Å²) in [6.45, 7) is 9.25. The predicted molar refractivity (Wildman–Crippen MR) is 107 cm³/mol. The van der Waals surface area contributed by atoms with E-state index in [0.717, 1.165) is 11.3 Å². The van der Waals surface area contributed by atoms with Crippen LogP contribution < -0.4 is 0 Å². The zero-order valence-corrected chi connectivity index (χ0v) is 18.6. The molecule has 0 spiro atoms. The van der Waals surface area contributed by atoms with Gasteiger partial charge in [0.2, 0.25) is 0 Å². The van der Waals surface area contributed by atoms with Gasteiger partial charge in [-0.1, -0.05) is 43.7 Å². The topological polar surface area (TPSA) is 50.2 Å². The molecule has 0 aliphatic heterocycles. The molecule has 1 radical (unpaired) electrons. The number of aryl methyl sites for hydroxylation is 2. The van der Waals surface area contributed by atoms with Crippen molar-refractivity contribution in [2.75, 3.05) is 0 Å². The molecule has 0 aliphatic rings. The molecule has 0 fully saturated rings. The molecule has 143 valence electrons. The molecule has 0 amide bonds.